The van der Waals surface area contributed by atoms with Gasteiger partial charge in [-0.05, 0) is 69.9 Å². The van der Waals surface area contributed by atoms with Gasteiger partial charge in [0.1, 0.15) is 11.7 Å². The summed E-state index contributed by atoms with van der Waals surface area (Å²) >= 11 is 0. The summed E-state index contributed by atoms with van der Waals surface area (Å²) in [5, 5.41) is 4.01. The van der Waals surface area contributed by atoms with Crippen molar-refractivity contribution < 1.29 is 22.7 Å². The minimum atomic E-state index is -3.24. The third kappa shape index (κ3) is 7.13. The first-order valence-electron chi connectivity index (χ1n) is 16.6. The van der Waals surface area contributed by atoms with E-state index in [2.05, 4.69) is 15.1 Å². The molecule has 1 unspecified atom stereocenters. The second kappa shape index (κ2) is 13.5. The molecule has 0 spiro atoms. The van der Waals surface area contributed by atoms with Crippen molar-refractivity contribution >= 4 is 32.6 Å². The van der Waals surface area contributed by atoms with Crippen LogP contribution < -0.4 is 10.9 Å². The van der Waals surface area contributed by atoms with Gasteiger partial charge >= 0.3 is 0 Å². The largest absolute Gasteiger partial charge is 0.368 e. The second-order valence-corrected chi connectivity index (χ2v) is 15.8. The van der Waals surface area contributed by atoms with Gasteiger partial charge in [0.2, 0.25) is 0 Å². The van der Waals surface area contributed by atoms with Crippen molar-refractivity contribution in [1.29, 1.82) is 0 Å². The first-order chi connectivity index (χ1) is 21.6. The van der Waals surface area contributed by atoms with Gasteiger partial charge in [-0.3, -0.25) is 24.2 Å². The Balaban J connectivity index is 0.980. The molecule has 2 bridgehead atoms. The third-order valence-corrected chi connectivity index (χ3v) is 11.8. The van der Waals surface area contributed by atoms with Crippen molar-refractivity contribution in [3.05, 3.63) is 46.2 Å². The summed E-state index contributed by atoms with van der Waals surface area (Å²) < 4.78 is 33.3. The van der Waals surface area contributed by atoms with Crippen molar-refractivity contribution in [3.8, 4) is 0 Å². The van der Waals surface area contributed by atoms with Crippen LogP contribution in [0.15, 0.2) is 35.1 Å². The van der Waals surface area contributed by atoms with Crippen LogP contribution in [0.1, 0.15) is 68.8 Å². The zero-order valence-electron chi connectivity index (χ0n) is 26.5. The number of nitrogens with zero attached hydrogens (tertiary/aromatic N) is 4. The summed E-state index contributed by atoms with van der Waals surface area (Å²) in [6.45, 7) is 8.12. The van der Waals surface area contributed by atoms with E-state index in [1.165, 1.54) is 0 Å². The number of hydrogen-bond acceptors (Lipinski definition) is 8. The standard InChI is InChI=1S/C33H47N5O6S/c1-23(2)38-29-7-4-3-6-24(29)20-28(32(38)40)31(39)34-25-21-26-9-10-27(22-25)37(26)16-19-45(42,43)18-15-35-11-13-36(14-12-35)33(41)30-8-5-17-44-30/h3-4,6-7,20,23,25-27,30H,5,8-19,21-22H2,1-2H3,(H,34,39)/t25-,26-,27+,30?. The topological polar surface area (TPSA) is 121 Å². The van der Waals surface area contributed by atoms with Crippen molar-refractivity contribution in [2.24, 2.45) is 0 Å². The quantitative estimate of drug-likeness (QED) is 0.419. The Hall–Kier alpha value is -2.80. The van der Waals surface area contributed by atoms with Crippen molar-refractivity contribution in [3.63, 3.8) is 0 Å². The normalized spacial score (nSPS) is 26.2. The number of piperidine rings is 1. The number of para-hydroxylation sites is 1. The molecular formula is C33H47N5O6S. The SMILES string of the molecule is CC(C)n1c(=O)c(C(=O)N[C@@H]2C[C@H]3CC[C@@H](C2)N3CCS(=O)(=O)CCN2CCN(C(=O)C3CCCO3)CC2)cc2ccccc21. The monoisotopic (exact) mass is 641 g/mol. The Labute approximate surface area is 265 Å². The number of hydrogen-bond donors (Lipinski definition) is 1. The number of carbonyl (C=O) groups is 2. The average molecular weight is 642 g/mol. The smallest absolute Gasteiger partial charge is 0.264 e. The zero-order chi connectivity index (χ0) is 31.7. The highest BCUT2D eigenvalue weighted by Gasteiger charge is 2.41. The molecule has 1 aromatic carbocycles. The van der Waals surface area contributed by atoms with E-state index in [-0.39, 0.29) is 64.7 Å². The number of aromatic nitrogens is 1. The highest BCUT2D eigenvalue weighted by Crippen LogP contribution is 2.35. The van der Waals surface area contributed by atoms with Gasteiger partial charge in [-0.25, -0.2) is 8.42 Å². The molecule has 246 valence electrons. The Morgan fingerprint density at radius 1 is 0.978 bits per heavy atom. The van der Waals surface area contributed by atoms with Gasteiger partial charge in [-0.1, -0.05) is 18.2 Å². The van der Waals surface area contributed by atoms with Crippen LogP contribution in [0.25, 0.3) is 10.9 Å². The first-order valence-corrected chi connectivity index (χ1v) is 18.5. The van der Waals surface area contributed by atoms with Crippen LogP contribution in [0.2, 0.25) is 0 Å². The fraction of sp³-hybridized carbons (Fsp3) is 0.667. The molecule has 1 aromatic heterocycles. The van der Waals surface area contributed by atoms with Crippen LogP contribution in [-0.4, -0.2) is 121 Å². The molecule has 2 amide bonds. The number of carbonyl (C=O) groups excluding carboxylic acids is 2. The number of rotatable bonds is 10. The maximum atomic E-state index is 13.4. The van der Waals surface area contributed by atoms with E-state index in [0.29, 0.717) is 45.9 Å². The Morgan fingerprint density at radius 2 is 1.67 bits per heavy atom. The number of benzene rings is 1. The number of ether oxygens (including phenoxy) is 1. The highest BCUT2D eigenvalue weighted by atomic mass is 32.2. The molecule has 5 heterocycles. The lowest BCUT2D eigenvalue weighted by atomic mass is 9.97. The summed E-state index contributed by atoms with van der Waals surface area (Å²) in [6.07, 6.45) is 4.90. The summed E-state index contributed by atoms with van der Waals surface area (Å²) in [5.74, 6) is -0.0207. The molecule has 4 aliphatic rings. The molecule has 4 atom stereocenters. The van der Waals surface area contributed by atoms with Gasteiger partial charge in [0.15, 0.2) is 9.84 Å². The van der Waals surface area contributed by atoms with Gasteiger partial charge in [0.05, 0.1) is 17.0 Å². The van der Waals surface area contributed by atoms with Crippen LogP contribution >= 0.6 is 0 Å². The van der Waals surface area contributed by atoms with Crippen molar-refractivity contribution in [1.82, 2.24) is 24.6 Å². The molecule has 6 rings (SSSR count). The van der Waals surface area contributed by atoms with E-state index in [1.807, 2.05) is 43.0 Å². The minimum absolute atomic E-state index is 0.0491. The van der Waals surface area contributed by atoms with E-state index in [0.717, 1.165) is 49.4 Å². The molecule has 4 saturated heterocycles. The van der Waals surface area contributed by atoms with Crippen LogP contribution in [0.3, 0.4) is 0 Å². The van der Waals surface area contributed by atoms with Crippen molar-refractivity contribution in [2.75, 3.05) is 57.4 Å². The van der Waals surface area contributed by atoms with E-state index in [9.17, 15) is 22.8 Å². The van der Waals surface area contributed by atoms with E-state index >= 15 is 0 Å². The van der Waals surface area contributed by atoms with Gasteiger partial charge in [-0.15, -0.1) is 0 Å². The van der Waals surface area contributed by atoms with Gasteiger partial charge in [0, 0.05) is 70.0 Å². The zero-order valence-corrected chi connectivity index (χ0v) is 27.3. The average Bonchev–Trinajstić information content (AvgIpc) is 3.64. The Bertz CT molecular complexity index is 1550. The van der Waals surface area contributed by atoms with E-state index in [4.69, 9.17) is 4.74 Å². The van der Waals surface area contributed by atoms with Gasteiger partial charge in [0.25, 0.3) is 17.4 Å². The third-order valence-electron chi connectivity index (χ3n) is 10.2. The van der Waals surface area contributed by atoms with Gasteiger partial charge in [-0.2, -0.15) is 0 Å². The summed E-state index contributed by atoms with van der Waals surface area (Å²) in [5.41, 5.74) is 0.708. The van der Waals surface area contributed by atoms with E-state index < -0.39 is 9.84 Å². The number of fused-ring (bicyclic) bond motifs is 3. The predicted molar refractivity (Wildman–Crippen MR) is 173 cm³/mol. The number of sulfone groups is 1. The number of pyridine rings is 1. The molecule has 11 nitrogen and oxygen atoms in total. The van der Waals surface area contributed by atoms with Gasteiger partial charge < -0.3 is 19.5 Å². The van der Waals surface area contributed by atoms with Crippen molar-refractivity contribution in [2.45, 2.75) is 82.6 Å². The lowest BCUT2D eigenvalue weighted by Gasteiger charge is -2.39. The Morgan fingerprint density at radius 3 is 2.33 bits per heavy atom. The maximum Gasteiger partial charge on any atom is 0.264 e. The molecule has 0 saturated carbocycles. The van der Waals surface area contributed by atoms with Crippen LogP contribution in [0, 0.1) is 0 Å². The number of piperazine rings is 1. The second-order valence-electron chi connectivity index (χ2n) is 13.5. The van der Waals surface area contributed by atoms with Crippen LogP contribution in [0.4, 0.5) is 0 Å². The highest BCUT2D eigenvalue weighted by molar-refractivity contribution is 7.91. The fourth-order valence-corrected chi connectivity index (χ4v) is 8.99. The molecule has 0 radical (unpaired) electrons. The minimum Gasteiger partial charge on any atom is -0.368 e. The Kier molecular flexibility index (Phi) is 9.65. The lowest BCUT2D eigenvalue weighted by Crippen LogP contribution is -2.52. The van der Waals surface area contributed by atoms with Crippen LogP contribution in [-0.2, 0) is 19.4 Å². The summed E-state index contributed by atoms with van der Waals surface area (Å²) in [7, 11) is -3.24. The first kappa shape index (κ1) is 32.2. The molecule has 12 heteroatoms. The molecule has 45 heavy (non-hydrogen) atoms. The molecular weight excluding hydrogens is 594 g/mol. The lowest BCUT2D eigenvalue weighted by molar-refractivity contribution is -0.142. The number of amides is 2. The number of nitrogens with one attached hydrogen (secondary N) is 1. The molecule has 4 fully saturated rings. The molecule has 1 N–H and O–H groups in total. The predicted octanol–water partition coefficient (Wildman–Crippen LogP) is 2.05. The summed E-state index contributed by atoms with van der Waals surface area (Å²) in [6, 6.07) is 9.66. The summed E-state index contributed by atoms with van der Waals surface area (Å²) in [4.78, 5) is 45.6. The molecule has 0 aliphatic carbocycles. The van der Waals surface area contributed by atoms with E-state index in [1.54, 1.807) is 10.6 Å². The maximum absolute atomic E-state index is 13.4. The van der Waals surface area contributed by atoms with Crippen LogP contribution in [0.5, 0.6) is 0 Å². The fourth-order valence-electron chi connectivity index (χ4n) is 7.76. The molecule has 4 aliphatic heterocycles. The molecule has 2 aromatic rings.